The van der Waals surface area contributed by atoms with Gasteiger partial charge in [-0.25, -0.2) is 4.39 Å². The fourth-order valence-electron chi connectivity index (χ4n) is 3.51. The zero-order valence-corrected chi connectivity index (χ0v) is 19.7. The first kappa shape index (κ1) is 24.7. The van der Waals surface area contributed by atoms with Crippen molar-refractivity contribution in [2.75, 3.05) is 0 Å². The smallest absolute Gasteiger partial charge is 0.243 e. The van der Waals surface area contributed by atoms with Gasteiger partial charge in [-0.15, -0.1) is 0 Å². The van der Waals surface area contributed by atoms with E-state index in [1.54, 1.807) is 42.2 Å². The van der Waals surface area contributed by atoms with E-state index >= 15 is 0 Å². The summed E-state index contributed by atoms with van der Waals surface area (Å²) in [5, 5.41) is 3.88. The van der Waals surface area contributed by atoms with Gasteiger partial charge in [-0.3, -0.25) is 9.59 Å². The van der Waals surface area contributed by atoms with Crippen LogP contribution in [0, 0.1) is 5.82 Å². The van der Waals surface area contributed by atoms with Gasteiger partial charge >= 0.3 is 0 Å². The van der Waals surface area contributed by atoms with E-state index < -0.39 is 6.04 Å². The first-order valence-corrected chi connectivity index (χ1v) is 11.4. The van der Waals surface area contributed by atoms with Crippen LogP contribution >= 0.6 is 23.2 Å². The summed E-state index contributed by atoms with van der Waals surface area (Å²) in [6.07, 6.45) is 0.580. The van der Waals surface area contributed by atoms with Gasteiger partial charge in [0.25, 0.3) is 0 Å². The zero-order valence-electron chi connectivity index (χ0n) is 18.2. The van der Waals surface area contributed by atoms with Crippen molar-refractivity contribution >= 4 is 35.0 Å². The summed E-state index contributed by atoms with van der Waals surface area (Å²) in [6.45, 7) is 2.15. The lowest BCUT2D eigenvalue weighted by Gasteiger charge is -2.31. The van der Waals surface area contributed by atoms with Crippen LogP contribution < -0.4 is 5.32 Å². The predicted octanol–water partition coefficient (Wildman–Crippen LogP) is 5.80. The third-order valence-corrected chi connectivity index (χ3v) is 5.89. The fourth-order valence-corrected chi connectivity index (χ4v) is 3.98. The van der Waals surface area contributed by atoms with Crippen molar-refractivity contribution in [3.63, 3.8) is 0 Å². The van der Waals surface area contributed by atoms with Crippen LogP contribution in [-0.4, -0.2) is 22.8 Å². The maximum absolute atomic E-state index is 13.4. The van der Waals surface area contributed by atoms with E-state index in [2.05, 4.69) is 5.32 Å². The van der Waals surface area contributed by atoms with E-state index in [0.29, 0.717) is 16.5 Å². The van der Waals surface area contributed by atoms with E-state index in [-0.39, 0.29) is 37.1 Å². The highest BCUT2D eigenvalue weighted by molar-refractivity contribution is 6.35. The highest BCUT2D eigenvalue weighted by atomic mass is 35.5. The van der Waals surface area contributed by atoms with Crippen LogP contribution in [0.15, 0.2) is 72.8 Å². The number of rotatable bonds is 9. The molecule has 0 saturated heterocycles. The number of nitrogens with zero attached hydrogens (tertiary/aromatic N) is 1. The molecule has 1 atom stereocenters. The van der Waals surface area contributed by atoms with Crippen LogP contribution in [0.3, 0.4) is 0 Å². The van der Waals surface area contributed by atoms with Gasteiger partial charge in [0, 0.05) is 36.0 Å². The average Bonchev–Trinajstić information content (AvgIpc) is 2.82. The molecule has 3 aromatic rings. The van der Waals surface area contributed by atoms with Crippen LogP contribution in [0.25, 0.3) is 0 Å². The highest BCUT2D eigenvalue weighted by Crippen LogP contribution is 2.21. The van der Waals surface area contributed by atoms with Gasteiger partial charge in [-0.1, -0.05) is 78.7 Å². The van der Waals surface area contributed by atoms with Crippen molar-refractivity contribution in [3.8, 4) is 0 Å². The lowest BCUT2D eigenvalue weighted by Crippen LogP contribution is -2.50. The quantitative estimate of drug-likeness (QED) is 0.415. The van der Waals surface area contributed by atoms with Gasteiger partial charge in [0.05, 0.1) is 0 Å². The van der Waals surface area contributed by atoms with Crippen LogP contribution in [-0.2, 0) is 29.1 Å². The average molecular weight is 487 g/mol. The Morgan fingerprint density at radius 2 is 1.67 bits per heavy atom. The molecule has 3 aromatic carbocycles. The summed E-state index contributed by atoms with van der Waals surface area (Å²) in [4.78, 5) is 27.8. The molecule has 0 aliphatic rings. The molecular weight excluding hydrogens is 462 g/mol. The molecule has 0 fully saturated rings. The number of halogens is 3. The van der Waals surface area contributed by atoms with Crippen molar-refractivity contribution in [1.82, 2.24) is 10.2 Å². The number of nitrogens with one attached hydrogen (secondary N) is 1. The fraction of sp³-hybridized carbons (Fsp3) is 0.231. The minimum atomic E-state index is -0.754. The Balaban J connectivity index is 1.86. The van der Waals surface area contributed by atoms with Crippen molar-refractivity contribution in [1.29, 1.82) is 0 Å². The summed E-state index contributed by atoms with van der Waals surface area (Å²) in [5.41, 5.74) is 2.39. The topological polar surface area (TPSA) is 49.4 Å². The molecule has 0 spiro atoms. The molecule has 7 heteroatoms. The largest absolute Gasteiger partial charge is 0.350 e. The maximum Gasteiger partial charge on any atom is 0.243 e. The molecule has 0 heterocycles. The Bertz CT molecular complexity index is 1090. The normalized spacial score (nSPS) is 11.6. The van der Waals surface area contributed by atoms with E-state index in [4.69, 9.17) is 23.2 Å². The van der Waals surface area contributed by atoms with Gasteiger partial charge in [-0.05, 0) is 41.0 Å². The Hall–Kier alpha value is -2.89. The monoisotopic (exact) mass is 486 g/mol. The van der Waals surface area contributed by atoms with Crippen molar-refractivity contribution in [3.05, 3.63) is 105 Å². The molecule has 0 bridgehead atoms. The summed E-state index contributed by atoms with van der Waals surface area (Å²) in [5.74, 6) is -0.820. The summed E-state index contributed by atoms with van der Waals surface area (Å²) >= 11 is 12.2. The maximum atomic E-state index is 13.4. The first-order valence-electron chi connectivity index (χ1n) is 10.7. The predicted molar refractivity (Wildman–Crippen MR) is 129 cm³/mol. The number of carbonyl (C=O) groups excluding carboxylic acids is 2. The molecule has 0 radical (unpaired) electrons. The minimum Gasteiger partial charge on any atom is -0.350 e. The van der Waals surface area contributed by atoms with Gasteiger partial charge in [0.1, 0.15) is 11.9 Å². The Labute approximate surface area is 203 Å². The minimum absolute atomic E-state index is 0.167. The SMILES string of the molecule is CCC(=O)N(Cc1ccc(F)cc1)[C@@H](Cc1ccccc1)C(=O)NCc1ccc(Cl)cc1Cl. The standard InChI is InChI=1S/C26H25Cl2FN2O2/c1-2-25(32)31(17-19-8-12-22(29)13-9-19)24(14-18-6-4-3-5-7-18)26(33)30-16-20-10-11-21(27)15-23(20)28/h3-13,15,24H,2,14,16-17H2,1H3,(H,30,33)/t24-/m0/s1. The second-order valence-corrected chi connectivity index (χ2v) is 8.50. The third kappa shape index (κ3) is 7.04. The summed E-state index contributed by atoms with van der Waals surface area (Å²) in [7, 11) is 0. The molecule has 4 nitrogen and oxygen atoms in total. The first-order chi connectivity index (χ1) is 15.9. The van der Waals surface area contributed by atoms with E-state index in [1.807, 2.05) is 30.3 Å². The second kappa shape index (κ2) is 11.8. The number of hydrogen-bond donors (Lipinski definition) is 1. The third-order valence-electron chi connectivity index (χ3n) is 5.31. The Morgan fingerprint density at radius 1 is 0.970 bits per heavy atom. The lowest BCUT2D eigenvalue weighted by atomic mass is 10.0. The zero-order chi connectivity index (χ0) is 23.8. The number of hydrogen-bond acceptors (Lipinski definition) is 2. The molecule has 0 aromatic heterocycles. The van der Waals surface area contributed by atoms with Crippen molar-refractivity contribution in [2.24, 2.45) is 0 Å². The Kier molecular flexibility index (Phi) is 8.87. The molecule has 3 rings (SSSR count). The van der Waals surface area contributed by atoms with E-state index in [0.717, 1.165) is 16.7 Å². The lowest BCUT2D eigenvalue weighted by molar-refractivity contribution is -0.141. The molecule has 1 N–H and O–H groups in total. The van der Waals surface area contributed by atoms with Gasteiger partial charge in [-0.2, -0.15) is 0 Å². The van der Waals surface area contributed by atoms with Crippen LogP contribution in [0.2, 0.25) is 10.0 Å². The Morgan fingerprint density at radius 3 is 2.30 bits per heavy atom. The summed E-state index contributed by atoms with van der Waals surface area (Å²) < 4.78 is 13.4. The van der Waals surface area contributed by atoms with Gasteiger partial charge < -0.3 is 10.2 Å². The van der Waals surface area contributed by atoms with Crippen LogP contribution in [0.1, 0.15) is 30.0 Å². The highest BCUT2D eigenvalue weighted by Gasteiger charge is 2.29. The molecule has 0 aliphatic heterocycles. The van der Waals surface area contributed by atoms with Crippen LogP contribution in [0.4, 0.5) is 4.39 Å². The number of amides is 2. The van der Waals surface area contributed by atoms with E-state index in [1.165, 1.54) is 12.1 Å². The number of carbonyl (C=O) groups is 2. The van der Waals surface area contributed by atoms with Crippen molar-refractivity contribution < 1.29 is 14.0 Å². The molecule has 0 aliphatic carbocycles. The molecule has 0 unspecified atom stereocenters. The van der Waals surface area contributed by atoms with Gasteiger partial charge in [0.15, 0.2) is 0 Å². The summed E-state index contributed by atoms with van der Waals surface area (Å²) in [6, 6.07) is 19.8. The van der Waals surface area contributed by atoms with Crippen molar-refractivity contribution in [2.45, 2.75) is 38.9 Å². The molecule has 172 valence electrons. The van der Waals surface area contributed by atoms with Gasteiger partial charge in [0.2, 0.25) is 11.8 Å². The molecule has 0 saturated carbocycles. The molecule has 33 heavy (non-hydrogen) atoms. The van der Waals surface area contributed by atoms with Crippen LogP contribution in [0.5, 0.6) is 0 Å². The molecule has 2 amide bonds. The van der Waals surface area contributed by atoms with E-state index in [9.17, 15) is 14.0 Å². The molecular formula is C26H25Cl2FN2O2. The number of benzene rings is 3. The second-order valence-electron chi connectivity index (χ2n) is 7.66.